The molecule has 0 radical (unpaired) electrons. The molecule has 1 aliphatic rings. The number of nitrogens with zero attached hydrogens (tertiary/aromatic N) is 1. The van der Waals surface area contributed by atoms with Crippen molar-refractivity contribution in [3.05, 3.63) is 65.7 Å². The van der Waals surface area contributed by atoms with Crippen molar-refractivity contribution >= 4 is 32.1 Å². The van der Waals surface area contributed by atoms with Gasteiger partial charge in [0.1, 0.15) is 5.00 Å². The maximum absolute atomic E-state index is 4.95. The Balaban J connectivity index is 1.98. The molecule has 0 saturated carbocycles. The Labute approximate surface area is 122 Å². The Morgan fingerprint density at radius 3 is 2.40 bits per heavy atom. The molecule has 0 amide bonds. The molecule has 1 nitrogen and oxygen atoms in total. The molecular formula is C18H15NS. The van der Waals surface area contributed by atoms with Crippen molar-refractivity contribution < 1.29 is 0 Å². The van der Waals surface area contributed by atoms with Gasteiger partial charge >= 0.3 is 0 Å². The number of thiophene rings is 1. The summed E-state index contributed by atoms with van der Waals surface area (Å²) in [6.45, 7) is 4.56. The Bertz CT molecular complexity index is 825. The summed E-state index contributed by atoms with van der Waals surface area (Å²) in [7, 11) is 0. The lowest BCUT2D eigenvalue weighted by molar-refractivity contribution is 0.746. The number of fused-ring (bicyclic) bond motifs is 3. The highest BCUT2D eigenvalue weighted by Crippen LogP contribution is 2.50. The standard InChI is InChI=1S/C18H15NS/c1-18(2)15-13-10-6-7-11-14(13)20-17(15)19-16(18)12-8-4-3-5-9-12/h3-11H,1-2H3. The van der Waals surface area contributed by atoms with Crippen LogP contribution >= 0.6 is 11.3 Å². The third kappa shape index (κ3) is 1.52. The van der Waals surface area contributed by atoms with E-state index < -0.39 is 0 Å². The Morgan fingerprint density at radius 1 is 0.900 bits per heavy atom. The first-order valence-electron chi connectivity index (χ1n) is 6.84. The van der Waals surface area contributed by atoms with Gasteiger partial charge in [-0.15, -0.1) is 11.3 Å². The van der Waals surface area contributed by atoms with E-state index in [1.54, 1.807) is 11.3 Å². The van der Waals surface area contributed by atoms with Crippen molar-refractivity contribution in [2.45, 2.75) is 19.3 Å². The predicted molar refractivity (Wildman–Crippen MR) is 87.5 cm³/mol. The zero-order valence-electron chi connectivity index (χ0n) is 11.6. The molecule has 0 unspecified atom stereocenters. The minimum absolute atomic E-state index is 0.0315. The minimum atomic E-state index is -0.0315. The SMILES string of the molecule is CC1(C)C(c2ccccc2)=Nc2sc3ccccc3c21. The van der Waals surface area contributed by atoms with E-state index in [1.165, 1.54) is 31.9 Å². The monoisotopic (exact) mass is 277 g/mol. The fraction of sp³-hybridized carbons (Fsp3) is 0.167. The quantitative estimate of drug-likeness (QED) is 0.571. The lowest BCUT2D eigenvalue weighted by atomic mass is 9.79. The van der Waals surface area contributed by atoms with Crippen LogP contribution in [0.25, 0.3) is 10.1 Å². The number of aliphatic imine (C=N–C) groups is 1. The molecular weight excluding hydrogens is 262 g/mol. The van der Waals surface area contributed by atoms with E-state index in [0.29, 0.717) is 0 Å². The molecule has 0 N–H and O–H groups in total. The van der Waals surface area contributed by atoms with E-state index in [0.717, 1.165) is 0 Å². The molecule has 2 heteroatoms. The van der Waals surface area contributed by atoms with Crippen LogP contribution in [0.4, 0.5) is 5.00 Å². The van der Waals surface area contributed by atoms with Crippen molar-refractivity contribution in [1.29, 1.82) is 0 Å². The largest absolute Gasteiger partial charge is 0.241 e. The maximum Gasteiger partial charge on any atom is 0.121 e. The number of hydrogen-bond acceptors (Lipinski definition) is 2. The van der Waals surface area contributed by atoms with Crippen LogP contribution in [0, 0.1) is 0 Å². The van der Waals surface area contributed by atoms with Crippen LogP contribution in [0.1, 0.15) is 25.0 Å². The molecule has 0 fully saturated rings. The van der Waals surface area contributed by atoms with Gasteiger partial charge in [-0.1, -0.05) is 62.4 Å². The van der Waals surface area contributed by atoms with Crippen LogP contribution in [-0.2, 0) is 5.41 Å². The second-order valence-corrected chi connectivity index (χ2v) is 6.76. The van der Waals surface area contributed by atoms with Gasteiger partial charge in [-0.05, 0) is 17.0 Å². The second kappa shape index (κ2) is 4.03. The lowest BCUT2D eigenvalue weighted by Gasteiger charge is -2.22. The van der Waals surface area contributed by atoms with Crippen LogP contribution < -0.4 is 0 Å². The van der Waals surface area contributed by atoms with E-state index in [4.69, 9.17) is 4.99 Å². The fourth-order valence-corrected chi connectivity index (χ4v) is 4.34. The normalized spacial score (nSPS) is 16.2. The van der Waals surface area contributed by atoms with Gasteiger partial charge in [0.15, 0.2) is 0 Å². The molecule has 2 aromatic carbocycles. The molecule has 1 aliphatic heterocycles. The van der Waals surface area contributed by atoms with Crippen LogP contribution in [0.2, 0.25) is 0 Å². The molecule has 1 aromatic heterocycles. The molecule has 3 aromatic rings. The van der Waals surface area contributed by atoms with Gasteiger partial charge in [0.2, 0.25) is 0 Å². The molecule has 0 atom stereocenters. The fourth-order valence-electron chi connectivity index (χ4n) is 3.10. The highest BCUT2D eigenvalue weighted by molar-refractivity contribution is 7.23. The third-order valence-electron chi connectivity index (χ3n) is 4.05. The van der Waals surface area contributed by atoms with Crippen molar-refractivity contribution in [3.8, 4) is 0 Å². The van der Waals surface area contributed by atoms with E-state index in [1.807, 2.05) is 0 Å². The average Bonchev–Trinajstić information content (AvgIpc) is 2.95. The van der Waals surface area contributed by atoms with Crippen molar-refractivity contribution in [3.63, 3.8) is 0 Å². The van der Waals surface area contributed by atoms with Gasteiger partial charge in [-0.3, -0.25) is 0 Å². The van der Waals surface area contributed by atoms with Gasteiger partial charge in [0, 0.05) is 15.7 Å². The minimum Gasteiger partial charge on any atom is -0.241 e. The van der Waals surface area contributed by atoms with Gasteiger partial charge in [-0.2, -0.15) is 0 Å². The average molecular weight is 277 g/mol. The summed E-state index contributed by atoms with van der Waals surface area (Å²) in [5.74, 6) is 0. The first-order valence-corrected chi connectivity index (χ1v) is 7.66. The van der Waals surface area contributed by atoms with Crippen molar-refractivity contribution in [1.82, 2.24) is 0 Å². The molecule has 0 saturated heterocycles. The molecule has 98 valence electrons. The van der Waals surface area contributed by atoms with E-state index >= 15 is 0 Å². The summed E-state index contributed by atoms with van der Waals surface area (Å²) in [5.41, 5.74) is 3.77. The summed E-state index contributed by atoms with van der Waals surface area (Å²) in [6.07, 6.45) is 0. The lowest BCUT2D eigenvalue weighted by Crippen LogP contribution is -2.26. The van der Waals surface area contributed by atoms with Crippen LogP contribution in [-0.4, -0.2) is 5.71 Å². The Hall–Kier alpha value is -1.93. The smallest absolute Gasteiger partial charge is 0.121 e. The zero-order valence-corrected chi connectivity index (χ0v) is 12.4. The molecule has 2 heterocycles. The van der Waals surface area contributed by atoms with Crippen LogP contribution in [0.3, 0.4) is 0 Å². The highest BCUT2D eigenvalue weighted by atomic mass is 32.1. The number of rotatable bonds is 1. The van der Waals surface area contributed by atoms with E-state index in [2.05, 4.69) is 68.4 Å². The summed E-state index contributed by atoms with van der Waals surface area (Å²) < 4.78 is 1.33. The predicted octanol–water partition coefficient (Wildman–Crippen LogP) is 5.31. The molecule has 0 bridgehead atoms. The molecule has 4 rings (SSSR count). The van der Waals surface area contributed by atoms with E-state index in [9.17, 15) is 0 Å². The van der Waals surface area contributed by atoms with Gasteiger partial charge in [0.25, 0.3) is 0 Å². The first-order chi connectivity index (χ1) is 9.68. The molecule has 0 aliphatic carbocycles. The van der Waals surface area contributed by atoms with Crippen molar-refractivity contribution in [2.24, 2.45) is 4.99 Å². The second-order valence-electron chi connectivity index (χ2n) is 5.73. The van der Waals surface area contributed by atoms with Crippen LogP contribution in [0.15, 0.2) is 59.6 Å². The summed E-state index contributed by atoms with van der Waals surface area (Å²) in [6, 6.07) is 19.1. The topological polar surface area (TPSA) is 12.4 Å². The first kappa shape index (κ1) is 11.9. The van der Waals surface area contributed by atoms with Crippen LogP contribution in [0.5, 0.6) is 0 Å². The van der Waals surface area contributed by atoms with Gasteiger partial charge < -0.3 is 0 Å². The summed E-state index contributed by atoms with van der Waals surface area (Å²) in [4.78, 5) is 4.95. The zero-order chi connectivity index (χ0) is 13.7. The summed E-state index contributed by atoms with van der Waals surface area (Å²) >= 11 is 1.80. The Kier molecular flexibility index (Phi) is 2.39. The third-order valence-corrected chi connectivity index (χ3v) is 5.12. The highest BCUT2D eigenvalue weighted by Gasteiger charge is 2.38. The summed E-state index contributed by atoms with van der Waals surface area (Å²) in [5, 5.41) is 2.53. The number of benzene rings is 2. The van der Waals surface area contributed by atoms with Gasteiger partial charge in [-0.25, -0.2) is 4.99 Å². The van der Waals surface area contributed by atoms with Gasteiger partial charge in [0.05, 0.1) is 5.71 Å². The number of hydrogen-bond donors (Lipinski definition) is 0. The molecule has 0 spiro atoms. The van der Waals surface area contributed by atoms with Crippen molar-refractivity contribution in [2.75, 3.05) is 0 Å². The Morgan fingerprint density at radius 2 is 1.60 bits per heavy atom. The van der Waals surface area contributed by atoms with E-state index in [-0.39, 0.29) is 5.41 Å². The molecule has 20 heavy (non-hydrogen) atoms. The maximum atomic E-state index is 4.95.